The normalized spacial score (nSPS) is 10.2. The molecule has 0 aliphatic rings. The summed E-state index contributed by atoms with van der Waals surface area (Å²) >= 11 is 0. The summed E-state index contributed by atoms with van der Waals surface area (Å²) in [5.74, 6) is -0.863. The van der Waals surface area contributed by atoms with Gasteiger partial charge in [-0.25, -0.2) is 0 Å². The van der Waals surface area contributed by atoms with Crippen LogP contribution in [0, 0.1) is 13.8 Å². The predicted octanol–water partition coefficient (Wildman–Crippen LogP) is 3.39. The van der Waals surface area contributed by atoms with Gasteiger partial charge in [0.15, 0.2) is 6.61 Å². The smallest absolute Gasteiger partial charge is 0.325 e. The fraction of sp³-hybridized carbons (Fsp3) is 0.348. The molecule has 0 aliphatic heterocycles. The topological polar surface area (TPSA) is 93.7 Å². The van der Waals surface area contributed by atoms with Crippen molar-refractivity contribution in [2.45, 2.75) is 33.6 Å². The van der Waals surface area contributed by atoms with Crippen molar-refractivity contribution in [3.05, 3.63) is 59.2 Å². The van der Waals surface area contributed by atoms with Crippen LogP contribution in [-0.4, -0.2) is 37.5 Å². The monoisotopic (exact) mass is 412 g/mol. The van der Waals surface area contributed by atoms with Crippen molar-refractivity contribution >= 4 is 23.5 Å². The molecular weight excluding hydrogens is 384 g/mol. The quantitative estimate of drug-likeness (QED) is 0.461. The maximum Gasteiger partial charge on any atom is 0.325 e. The zero-order chi connectivity index (χ0) is 21.9. The van der Waals surface area contributed by atoms with E-state index in [0.717, 1.165) is 24.0 Å². The molecule has 2 aromatic carbocycles. The van der Waals surface area contributed by atoms with Gasteiger partial charge in [-0.3, -0.25) is 14.4 Å². The molecule has 0 unspecified atom stereocenters. The molecule has 7 heteroatoms. The number of ether oxygens (including phenoxy) is 2. The lowest BCUT2D eigenvalue weighted by Gasteiger charge is -2.09. The number of esters is 1. The first kappa shape index (κ1) is 22.9. The number of amides is 2. The number of aryl methyl sites for hydroxylation is 2. The fourth-order valence-corrected chi connectivity index (χ4v) is 2.73. The molecule has 0 atom stereocenters. The van der Waals surface area contributed by atoms with Crippen LogP contribution in [-0.2, 0) is 14.3 Å². The Balaban J connectivity index is 1.72. The molecule has 0 fully saturated rings. The Morgan fingerprint density at radius 3 is 2.27 bits per heavy atom. The lowest BCUT2D eigenvalue weighted by atomic mass is 10.1. The summed E-state index contributed by atoms with van der Waals surface area (Å²) in [5, 5.41) is 5.15. The second-order valence-electron chi connectivity index (χ2n) is 6.99. The van der Waals surface area contributed by atoms with Crippen LogP contribution in [0.4, 0.5) is 5.69 Å². The van der Waals surface area contributed by atoms with Gasteiger partial charge in [-0.2, -0.15) is 0 Å². The fourth-order valence-electron chi connectivity index (χ4n) is 2.73. The molecule has 7 nitrogen and oxygen atoms in total. The maximum absolute atomic E-state index is 12.1. The zero-order valence-corrected chi connectivity index (χ0v) is 17.6. The number of unbranched alkanes of at least 4 members (excludes halogenated alkanes) is 1. The van der Waals surface area contributed by atoms with E-state index in [1.54, 1.807) is 24.3 Å². The highest BCUT2D eigenvalue weighted by Crippen LogP contribution is 2.14. The SMILES string of the molecule is CCCCOc1ccc(C(=O)NCC(=O)OCC(=O)Nc2cc(C)cc(C)c2)cc1. The van der Waals surface area contributed by atoms with Crippen LogP contribution in [0.5, 0.6) is 5.75 Å². The van der Waals surface area contributed by atoms with Crippen molar-refractivity contribution in [2.24, 2.45) is 0 Å². The van der Waals surface area contributed by atoms with E-state index >= 15 is 0 Å². The lowest BCUT2D eigenvalue weighted by molar-refractivity contribution is -0.146. The van der Waals surface area contributed by atoms with Gasteiger partial charge in [0.1, 0.15) is 12.3 Å². The summed E-state index contributed by atoms with van der Waals surface area (Å²) in [6, 6.07) is 12.3. The van der Waals surface area contributed by atoms with E-state index in [0.29, 0.717) is 23.6 Å². The van der Waals surface area contributed by atoms with Gasteiger partial charge in [-0.1, -0.05) is 19.4 Å². The second-order valence-corrected chi connectivity index (χ2v) is 6.99. The second kappa shape index (κ2) is 11.6. The standard InChI is InChI=1S/C23H28N2O5/c1-4-5-10-29-20-8-6-18(7-9-20)23(28)24-14-22(27)30-15-21(26)25-19-12-16(2)11-17(3)13-19/h6-9,11-13H,4-5,10,14-15H2,1-3H3,(H,24,28)(H,25,26). The lowest BCUT2D eigenvalue weighted by Crippen LogP contribution is -2.32. The van der Waals surface area contributed by atoms with Gasteiger partial charge in [-0.05, 0) is 67.8 Å². The Morgan fingerprint density at radius 2 is 1.63 bits per heavy atom. The summed E-state index contributed by atoms with van der Waals surface area (Å²) in [7, 11) is 0. The molecule has 0 saturated heterocycles. The van der Waals surface area contributed by atoms with E-state index in [4.69, 9.17) is 9.47 Å². The minimum Gasteiger partial charge on any atom is -0.494 e. The van der Waals surface area contributed by atoms with Crippen molar-refractivity contribution in [3.63, 3.8) is 0 Å². The van der Waals surface area contributed by atoms with E-state index in [-0.39, 0.29) is 6.54 Å². The molecule has 160 valence electrons. The maximum atomic E-state index is 12.1. The van der Waals surface area contributed by atoms with Gasteiger partial charge in [0.25, 0.3) is 11.8 Å². The third kappa shape index (κ3) is 7.95. The number of anilines is 1. The van der Waals surface area contributed by atoms with E-state index in [1.165, 1.54) is 0 Å². The van der Waals surface area contributed by atoms with E-state index in [9.17, 15) is 14.4 Å². The van der Waals surface area contributed by atoms with Crippen LogP contribution in [0.3, 0.4) is 0 Å². The first-order valence-electron chi connectivity index (χ1n) is 9.92. The number of nitrogens with one attached hydrogen (secondary N) is 2. The zero-order valence-electron chi connectivity index (χ0n) is 17.6. The third-order valence-electron chi connectivity index (χ3n) is 4.15. The summed E-state index contributed by atoms with van der Waals surface area (Å²) < 4.78 is 10.5. The Labute approximate surface area is 176 Å². The van der Waals surface area contributed by atoms with Crippen molar-refractivity contribution < 1.29 is 23.9 Å². The molecule has 2 amide bonds. The third-order valence-corrected chi connectivity index (χ3v) is 4.15. The van der Waals surface area contributed by atoms with Gasteiger partial charge < -0.3 is 20.1 Å². The molecular formula is C23H28N2O5. The Hall–Kier alpha value is -3.35. The van der Waals surface area contributed by atoms with Crippen molar-refractivity contribution in [2.75, 3.05) is 25.1 Å². The summed E-state index contributed by atoms with van der Waals surface area (Å²) in [4.78, 5) is 35.9. The molecule has 0 radical (unpaired) electrons. The molecule has 0 aliphatic carbocycles. The van der Waals surface area contributed by atoms with Crippen molar-refractivity contribution in [1.29, 1.82) is 0 Å². The molecule has 0 spiro atoms. The van der Waals surface area contributed by atoms with Crippen molar-refractivity contribution in [3.8, 4) is 5.75 Å². The van der Waals surface area contributed by atoms with Gasteiger partial charge >= 0.3 is 5.97 Å². The van der Waals surface area contributed by atoms with Crippen LogP contribution in [0.25, 0.3) is 0 Å². The van der Waals surface area contributed by atoms with Gasteiger partial charge in [0, 0.05) is 11.3 Å². The first-order chi connectivity index (χ1) is 14.4. The molecule has 2 aromatic rings. The molecule has 0 heterocycles. The largest absolute Gasteiger partial charge is 0.494 e. The van der Waals surface area contributed by atoms with Crippen LogP contribution < -0.4 is 15.4 Å². The molecule has 0 aromatic heterocycles. The predicted molar refractivity (Wildman–Crippen MR) is 115 cm³/mol. The number of rotatable bonds is 10. The highest BCUT2D eigenvalue weighted by molar-refractivity contribution is 5.96. The number of carbonyl (C=O) groups excluding carboxylic acids is 3. The number of benzene rings is 2. The average Bonchev–Trinajstić information content (AvgIpc) is 2.70. The molecule has 30 heavy (non-hydrogen) atoms. The van der Waals surface area contributed by atoms with Crippen LogP contribution >= 0.6 is 0 Å². The van der Waals surface area contributed by atoms with Gasteiger partial charge in [0.2, 0.25) is 0 Å². The van der Waals surface area contributed by atoms with Gasteiger partial charge in [0.05, 0.1) is 6.61 Å². The van der Waals surface area contributed by atoms with E-state index < -0.39 is 24.4 Å². The Kier molecular flexibility index (Phi) is 8.87. The Bertz CT molecular complexity index is 857. The highest BCUT2D eigenvalue weighted by atomic mass is 16.5. The number of hydrogen-bond donors (Lipinski definition) is 2. The van der Waals surface area contributed by atoms with Gasteiger partial charge in [-0.15, -0.1) is 0 Å². The summed E-state index contributed by atoms with van der Waals surface area (Å²) in [6.45, 7) is 5.82. The first-order valence-corrected chi connectivity index (χ1v) is 9.92. The van der Waals surface area contributed by atoms with Crippen molar-refractivity contribution in [1.82, 2.24) is 5.32 Å². The average molecular weight is 412 g/mol. The number of carbonyl (C=O) groups is 3. The molecule has 0 bridgehead atoms. The van der Waals surface area contributed by atoms with E-state index in [2.05, 4.69) is 17.6 Å². The number of hydrogen-bond acceptors (Lipinski definition) is 5. The molecule has 2 rings (SSSR count). The Morgan fingerprint density at radius 1 is 0.967 bits per heavy atom. The summed E-state index contributed by atoms with van der Waals surface area (Å²) in [6.07, 6.45) is 2.01. The molecule has 2 N–H and O–H groups in total. The van der Waals surface area contributed by atoms with Crippen LogP contribution in [0.15, 0.2) is 42.5 Å². The van der Waals surface area contributed by atoms with E-state index in [1.807, 2.05) is 32.0 Å². The minimum atomic E-state index is -0.696. The summed E-state index contributed by atoms with van der Waals surface area (Å²) in [5.41, 5.74) is 3.08. The highest BCUT2D eigenvalue weighted by Gasteiger charge is 2.11. The van der Waals surface area contributed by atoms with Crippen LogP contribution in [0.1, 0.15) is 41.3 Å². The van der Waals surface area contributed by atoms with Crippen LogP contribution in [0.2, 0.25) is 0 Å². The minimum absolute atomic E-state index is 0.329. The molecule has 0 saturated carbocycles.